The summed E-state index contributed by atoms with van der Waals surface area (Å²) >= 11 is 0. The monoisotopic (exact) mass is 490 g/mol. The average Bonchev–Trinajstić information content (AvgIpc) is 2.81. The highest BCUT2D eigenvalue weighted by Crippen LogP contribution is 2.59. The number of amides is 3. The fourth-order valence-corrected chi connectivity index (χ4v) is 8.00. The molecule has 3 amide bonds. The van der Waals surface area contributed by atoms with Crippen molar-refractivity contribution in [2.24, 2.45) is 34.8 Å². The third-order valence-corrected chi connectivity index (χ3v) is 9.27. The summed E-state index contributed by atoms with van der Waals surface area (Å²) in [6, 6.07) is -2.19. The number of carbonyl (C=O) groups excluding carboxylic acids is 2. The number of carbonyl (C=O) groups is 3. The lowest BCUT2D eigenvalue weighted by Crippen LogP contribution is -2.56. The van der Waals surface area contributed by atoms with E-state index >= 15 is 0 Å². The van der Waals surface area contributed by atoms with Crippen LogP contribution in [0.25, 0.3) is 0 Å². The number of unbranched alkanes of at least 4 members (excludes halogenated alkanes) is 1. The summed E-state index contributed by atoms with van der Waals surface area (Å²) in [6.07, 6.45) is 15.8. The maximum Gasteiger partial charge on any atom is 0.326 e. The van der Waals surface area contributed by atoms with Gasteiger partial charge < -0.3 is 26.8 Å². The molecular weight excluding hydrogens is 444 g/mol. The predicted molar refractivity (Wildman–Crippen MR) is 135 cm³/mol. The molecule has 5 saturated carbocycles. The third-order valence-electron chi connectivity index (χ3n) is 9.27. The van der Waals surface area contributed by atoms with Crippen LogP contribution in [-0.4, -0.2) is 48.2 Å². The summed E-state index contributed by atoms with van der Waals surface area (Å²) in [5.41, 5.74) is 5.75. The lowest BCUT2D eigenvalue weighted by Gasteiger charge is -2.57. The second-order valence-electron chi connectivity index (χ2n) is 12.2. The molecule has 5 aliphatic carbocycles. The van der Waals surface area contributed by atoms with Crippen molar-refractivity contribution in [1.82, 2.24) is 16.0 Å². The highest BCUT2D eigenvalue weighted by atomic mass is 16.4. The van der Waals surface area contributed by atoms with E-state index in [-0.39, 0.29) is 11.3 Å². The molecule has 0 heterocycles. The molecule has 0 aliphatic heterocycles. The van der Waals surface area contributed by atoms with Gasteiger partial charge in [-0.05, 0) is 99.8 Å². The van der Waals surface area contributed by atoms with Crippen molar-refractivity contribution in [3.63, 3.8) is 0 Å². The zero-order valence-electron chi connectivity index (χ0n) is 21.2. The van der Waals surface area contributed by atoms with E-state index in [1.165, 1.54) is 57.8 Å². The van der Waals surface area contributed by atoms with Gasteiger partial charge in [-0.3, -0.25) is 4.79 Å². The van der Waals surface area contributed by atoms with Gasteiger partial charge in [-0.2, -0.15) is 0 Å². The SMILES string of the molecule is NCCCC[C@H](NC(=O)N[C@H](CC1CCCCC1)C(=O)NCC12CC3CC(CC(C3)C1)C2)C(=O)O. The Morgan fingerprint density at radius 1 is 0.886 bits per heavy atom. The Bertz CT molecular complexity index is 716. The smallest absolute Gasteiger partial charge is 0.326 e. The molecule has 8 heteroatoms. The number of nitrogens with two attached hydrogens (primary N) is 1. The number of hydrogen-bond acceptors (Lipinski definition) is 4. The van der Waals surface area contributed by atoms with Crippen molar-refractivity contribution in [3.05, 3.63) is 0 Å². The van der Waals surface area contributed by atoms with E-state index in [0.29, 0.717) is 44.7 Å². The Balaban J connectivity index is 1.34. The van der Waals surface area contributed by atoms with Crippen LogP contribution in [0.1, 0.15) is 96.3 Å². The van der Waals surface area contributed by atoms with Crippen LogP contribution in [0.5, 0.6) is 0 Å². The van der Waals surface area contributed by atoms with E-state index in [2.05, 4.69) is 16.0 Å². The lowest BCUT2D eigenvalue weighted by molar-refractivity contribution is -0.139. The van der Waals surface area contributed by atoms with Crippen molar-refractivity contribution in [2.75, 3.05) is 13.1 Å². The molecule has 5 rings (SSSR count). The van der Waals surface area contributed by atoms with Gasteiger partial charge >= 0.3 is 12.0 Å². The summed E-state index contributed by atoms with van der Waals surface area (Å²) in [5.74, 6) is 1.72. The van der Waals surface area contributed by atoms with Crippen LogP contribution in [0, 0.1) is 29.1 Å². The predicted octanol–water partition coefficient (Wildman–Crippen LogP) is 3.54. The fourth-order valence-electron chi connectivity index (χ4n) is 8.00. The molecule has 8 nitrogen and oxygen atoms in total. The molecule has 0 spiro atoms. The molecule has 5 fully saturated rings. The maximum absolute atomic E-state index is 13.4. The van der Waals surface area contributed by atoms with E-state index in [0.717, 1.165) is 30.6 Å². The van der Waals surface area contributed by atoms with Gasteiger partial charge in [0.2, 0.25) is 5.91 Å². The van der Waals surface area contributed by atoms with Gasteiger partial charge in [0.1, 0.15) is 12.1 Å². The van der Waals surface area contributed by atoms with Gasteiger partial charge in [0, 0.05) is 6.54 Å². The van der Waals surface area contributed by atoms with Crippen molar-refractivity contribution in [3.8, 4) is 0 Å². The van der Waals surface area contributed by atoms with Crippen molar-refractivity contribution < 1.29 is 19.5 Å². The summed E-state index contributed by atoms with van der Waals surface area (Å²) in [5, 5.41) is 18.2. The van der Waals surface area contributed by atoms with E-state index < -0.39 is 24.1 Å². The maximum atomic E-state index is 13.4. The minimum absolute atomic E-state index is 0.114. The average molecular weight is 491 g/mol. The molecule has 0 saturated heterocycles. The molecule has 0 unspecified atom stereocenters. The quantitative estimate of drug-likeness (QED) is 0.267. The number of nitrogens with one attached hydrogen (secondary N) is 3. The number of carboxylic acids is 1. The number of urea groups is 1. The van der Waals surface area contributed by atoms with Gasteiger partial charge in [0.15, 0.2) is 0 Å². The standard InChI is InChI=1S/C27H46N4O4/c28-9-5-4-8-22(25(33)34)30-26(35)31-23(13-18-6-2-1-3-7-18)24(32)29-17-27-14-19-10-20(15-27)12-21(11-19)16-27/h18-23H,1-17,28H2,(H,29,32)(H,33,34)(H2,30,31,35)/t19?,20?,21?,22-,23+,27?/m0/s1. The molecule has 4 bridgehead atoms. The minimum Gasteiger partial charge on any atom is -0.480 e. The van der Waals surface area contributed by atoms with Crippen LogP contribution >= 0.6 is 0 Å². The summed E-state index contributed by atoms with van der Waals surface area (Å²) in [7, 11) is 0. The fraction of sp³-hybridized carbons (Fsp3) is 0.889. The van der Waals surface area contributed by atoms with Gasteiger partial charge in [-0.25, -0.2) is 9.59 Å². The lowest BCUT2D eigenvalue weighted by atomic mass is 9.49. The second-order valence-corrected chi connectivity index (χ2v) is 12.2. The third kappa shape index (κ3) is 7.11. The van der Waals surface area contributed by atoms with Crippen LogP contribution in [0.15, 0.2) is 0 Å². The van der Waals surface area contributed by atoms with E-state index in [1.54, 1.807) is 0 Å². The molecule has 6 N–H and O–H groups in total. The van der Waals surface area contributed by atoms with E-state index in [4.69, 9.17) is 5.73 Å². The van der Waals surface area contributed by atoms with E-state index in [9.17, 15) is 19.5 Å². The molecule has 0 aromatic carbocycles. The molecule has 0 aromatic heterocycles. The van der Waals surface area contributed by atoms with E-state index in [1.807, 2.05) is 0 Å². The Kier molecular flexibility index (Phi) is 8.95. The molecule has 0 radical (unpaired) electrons. The summed E-state index contributed by atoms with van der Waals surface area (Å²) in [4.78, 5) is 37.8. The Labute approximate surface area is 209 Å². The number of rotatable bonds is 12. The first-order valence-electron chi connectivity index (χ1n) is 14.1. The molecule has 198 valence electrons. The van der Waals surface area contributed by atoms with Crippen LogP contribution in [0.2, 0.25) is 0 Å². The first-order valence-corrected chi connectivity index (χ1v) is 14.1. The highest BCUT2D eigenvalue weighted by molar-refractivity contribution is 5.88. The van der Waals surface area contributed by atoms with Gasteiger partial charge in [0.25, 0.3) is 0 Å². The summed E-state index contributed by atoms with van der Waals surface area (Å²) < 4.78 is 0. The molecule has 35 heavy (non-hydrogen) atoms. The first kappa shape index (κ1) is 26.2. The Morgan fingerprint density at radius 3 is 2.06 bits per heavy atom. The van der Waals surface area contributed by atoms with Crippen molar-refractivity contribution >= 4 is 17.9 Å². The topological polar surface area (TPSA) is 134 Å². The normalized spacial score (nSPS) is 31.5. The zero-order chi connectivity index (χ0) is 24.8. The first-order chi connectivity index (χ1) is 16.9. The molecule has 2 atom stereocenters. The molecule has 0 aromatic rings. The number of aliphatic carboxylic acids is 1. The van der Waals surface area contributed by atoms with Crippen LogP contribution in [-0.2, 0) is 9.59 Å². The van der Waals surface area contributed by atoms with Crippen LogP contribution < -0.4 is 21.7 Å². The Hall–Kier alpha value is -1.83. The second kappa shape index (κ2) is 11.9. The summed E-state index contributed by atoms with van der Waals surface area (Å²) in [6.45, 7) is 1.20. The minimum atomic E-state index is -1.06. The van der Waals surface area contributed by atoms with Gasteiger partial charge in [0.05, 0.1) is 0 Å². The van der Waals surface area contributed by atoms with Crippen LogP contribution in [0.3, 0.4) is 0 Å². The Morgan fingerprint density at radius 2 is 1.49 bits per heavy atom. The van der Waals surface area contributed by atoms with Crippen molar-refractivity contribution in [2.45, 2.75) is 108 Å². The molecule has 5 aliphatic rings. The van der Waals surface area contributed by atoms with Crippen LogP contribution in [0.4, 0.5) is 4.79 Å². The zero-order valence-corrected chi connectivity index (χ0v) is 21.2. The number of hydrogen-bond donors (Lipinski definition) is 5. The van der Waals surface area contributed by atoms with Gasteiger partial charge in [-0.1, -0.05) is 32.1 Å². The van der Waals surface area contributed by atoms with Crippen molar-refractivity contribution in [1.29, 1.82) is 0 Å². The van der Waals surface area contributed by atoms with Gasteiger partial charge in [-0.15, -0.1) is 0 Å². The number of carboxylic acid groups (broad SMARTS) is 1. The largest absolute Gasteiger partial charge is 0.480 e. The molecular formula is C27H46N4O4. The highest BCUT2D eigenvalue weighted by Gasteiger charge is 2.50.